The van der Waals surface area contributed by atoms with Crippen molar-refractivity contribution in [2.24, 2.45) is 0 Å². The molecule has 112 valence electrons. The van der Waals surface area contributed by atoms with Gasteiger partial charge in [-0.2, -0.15) is 0 Å². The lowest BCUT2D eigenvalue weighted by molar-refractivity contribution is -0.384. The first-order chi connectivity index (χ1) is 9.32. The third-order valence-electron chi connectivity index (χ3n) is 2.97. The van der Waals surface area contributed by atoms with Crippen molar-refractivity contribution < 1.29 is 14.8 Å². The summed E-state index contributed by atoms with van der Waals surface area (Å²) >= 11 is 0. The molecule has 0 spiro atoms. The van der Waals surface area contributed by atoms with Gasteiger partial charge < -0.3 is 14.7 Å². The summed E-state index contributed by atoms with van der Waals surface area (Å²) in [6.45, 7) is 6.54. The number of anilines is 1. The van der Waals surface area contributed by atoms with Gasteiger partial charge in [-0.1, -0.05) is 6.07 Å². The van der Waals surface area contributed by atoms with E-state index in [1.165, 1.54) is 6.07 Å². The monoisotopic (exact) mass is 282 g/mol. The van der Waals surface area contributed by atoms with Crippen LogP contribution in [-0.2, 0) is 4.74 Å². The van der Waals surface area contributed by atoms with Crippen molar-refractivity contribution in [1.29, 1.82) is 0 Å². The Hall–Kier alpha value is -1.66. The molecule has 0 unspecified atom stereocenters. The lowest BCUT2D eigenvalue weighted by atomic mass is 10.1. The third kappa shape index (κ3) is 4.47. The van der Waals surface area contributed by atoms with Crippen LogP contribution >= 0.6 is 0 Å². The van der Waals surface area contributed by atoms with E-state index < -0.39 is 11.0 Å². The molecular weight excluding hydrogens is 260 g/mol. The molecule has 0 amide bonds. The van der Waals surface area contributed by atoms with E-state index in [-0.39, 0.29) is 11.8 Å². The summed E-state index contributed by atoms with van der Waals surface area (Å²) in [7, 11) is 1.79. The number of nitro groups is 1. The Morgan fingerprint density at radius 3 is 2.55 bits per heavy atom. The molecule has 0 aromatic heterocycles. The molecule has 0 heterocycles. The second-order valence-electron chi connectivity index (χ2n) is 5.02. The van der Waals surface area contributed by atoms with Gasteiger partial charge >= 0.3 is 0 Å². The van der Waals surface area contributed by atoms with E-state index >= 15 is 0 Å². The summed E-state index contributed by atoms with van der Waals surface area (Å²) in [6, 6.07) is 4.78. The first kappa shape index (κ1) is 16.4. The highest BCUT2D eigenvalue weighted by molar-refractivity contribution is 5.64. The van der Waals surface area contributed by atoms with Crippen molar-refractivity contribution in [2.45, 2.75) is 33.0 Å². The van der Waals surface area contributed by atoms with Crippen LogP contribution in [0, 0.1) is 10.1 Å². The number of benzene rings is 1. The van der Waals surface area contributed by atoms with Crippen LogP contribution in [0.1, 0.15) is 32.4 Å². The lowest BCUT2D eigenvalue weighted by Gasteiger charge is -2.20. The summed E-state index contributed by atoms with van der Waals surface area (Å²) in [5.41, 5.74) is 1.05. The predicted octanol–water partition coefficient (Wildman–Crippen LogP) is 2.51. The SMILES string of the molecule is CC(C)OCCN(C)c1ccc([C@H](C)O)cc1[N+](=O)[O-]. The van der Waals surface area contributed by atoms with Crippen molar-refractivity contribution in [3.05, 3.63) is 33.9 Å². The van der Waals surface area contributed by atoms with E-state index in [0.29, 0.717) is 24.4 Å². The van der Waals surface area contributed by atoms with Crippen LogP contribution in [0.15, 0.2) is 18.2 Å². The molecule has 0 aliphatic carbocycles. The lowest BCUT2D eigenvalue weighted by Crippen LogP contribution is -2.24. The van der Waals surface area contributed by atoms with Crippen LogP contribution in [0.2, 0.25) is 0 Å². The minimum absolute atomic E-state index is 0.00422. The molecule has 1 aromatic carbocycles. The molecule has 0 saturated heterocycles. The average molecular weight is 282 g/mol. The normalized spacial score (nSPS) is 12.5. The van der Waals surface area contributed by atoms with Gasteiger partial charge in [0.15, 0.2) is 0 Å². The molecule has 0 saturated carbocycles. The Morgan fingerprint density at radius 2 is 2.05 bits per heavy atom. The average Bonchev–Trinajstić information content (AvgIpc) is 2.37. The van der Waals surface area contributed by atoms with Crippen LogP contribution in [0.4, 0.5) is 11.4 Å². The van der Waals surface area contributed by atoms with Crippen molar-refractivity contribution in [3.8, 4) is 0 Å². The fourth-order valence-electron chi connectivity index (χ4n) is 1.82. The van der Waals surface area contributed by atoms with Crippen LogP contribution < -0.4 is 4.90 Å². The van der Waals surface area contributed by atoms with Crippen molar-refractivity contribution in [3.63, 3.8) is 0 Å². The summed E-state index contributed by atoms with van der Waals surface area (Å²) < 4.78 is 5.44. The zero-order chi connectivity index (χ0) is 15.3. The van der Waals surface area contributed by atoms with Crippen molar-refractivity contribution in [1.82, 2.24) is 0 Å². The molecule has 1 N–H and O–H groups in total. The van der Waals surface area contributed by atoms with Gasteiger partial charge in [-0.15, -0.1) is 0 Å². The van der Waals surface area contributed by atoms with Crippen molar-refractivity contribution in [2.75, 3.05) is 25.1 Å². The van der Waals surface area contributed by atoms with Crippen LogP contribution in [0.3, 0.4) is 0 Å². The Kier molecular flexibility index (Phi) is 5.91. The van der Waals surface area contributed by atoms with Gasteiger partial charge in [0.1, 0.15) is 5.69 Å². The Bertz CT molecular complexity index is 460. The maximum Gasteiger partial charge on any atom is 0.292 e. The van der Waals surface area contributed by atoms with Crippen LogP contribution in [0.25, 0.3) is 0 Å². The summed E-state index contributed by atoms with van der Waals surface area (Å²) in [6.07, 6.45) is -0.590. The summed E-state index contributed by atoms with van der Waals surface area (Å²) in [4.78, 5) is 12.5. The van der Waals surface area contributed by atoms with E-state index in [1.54, 1.807) is 31.0 Å². The van der Waals surface area contributed by atoms with Gasteiger partial charge in [0, 0.05) is 19.7 Å². The topological polar surface area (TPSA) is 75.8 Å². The number of nitrogens with zero attached hydrogens (tertiary/aromatic N) is 2. The molecule has 0 radical (unpaired) electrons. The fourth-order valence-corrected chi connectivity index (χ4v) is 1.82. The maximum absolute atomic E-state index is 11.1. The highest BCUT2D eigenvalue weighted by Gasteiger charge is 2.19. The molecule has 1 rings (SSSR count). The van der Waals surface area contributed by atoms with Gasteiger partial charge in [0.25, 0.3) is 5.69 Å². The van der Waals surface area contributed by atoms with E-state index in [2.05, 4.69) is 0 Å². The molecule has 0 bridgehead atoms. The molecule has 6 nitrogen and oxygen atoms in total. The Morgan fingerprint density at radius 1 is 1.40 bits per heavy atom. The Labute approximate surface area is 119 Å². The molecule has 0 fully saturated rings. The number of rotatable bonds is 7. The fraction of sp³-hybridized carbons (Fsp3) is 0.571. The first-order valence-electron chi connectivity index (χ1n) is 6.62. The van der Waals surface area contributed by atoms with Gasteiger partial charge in [-0.3, -0.25) is 10.1 Å². The number of nitro benzene ring substituents is 1. The van der Waals surface area contributed by atoms with E-state index in [9.17, 15) is 15.2 Å². The third-order valence-corrected chi connectivity index (χ3v) is 2.97. The first-order valence-corrected chi connectivity index (χ1v) is 6.62. The zero-order valence-electron chi connectivity index (χ0n) is 12.4. The summed E-state index contributed by atoms with van der Waals surface area (Å²) in [5.74, 6) is 0. The smallest absolute Gasteiger partial charge is 0.292 e. The largest absolute Gasteiger partial charge is 0.389 e. The maximum atomic E-state index is 11.1. The number of aliphatic hydroxyl groups is 1. The van der Waals surface area contributed by atoms with Gasteiger partial charge in [0.05, 0.1) is 23.7 Å². The second-order valence-corrected chi connectivity index (χ2v) is 5.02. The number of hydrogen-bond donors (Lipinski definition) is 1. The molecular formula is C14H22N2O4. The number of ether oxygens (including phenoxy) is 1. The molecule has 1 aromatic rings. The number of likely N-dealkylation sites (N-methyl/N-ethyl adjacent to an activating group) is 1. The molecule has 1 atom stereocenters. The Balaban J connectivity index is 2.90. The quantitative estimate of drug-likeness (QED) is 0.614. The van der Waals surface area contributed by atoms with Crippen LogP contribution in [-0.4, -0.2) is 36.3 Å². The highest BCUT2D eigenvalue weighted by atomic mass is 16.6. The van der Waals surface area contributed by atoms with E-state index in [0.717, 1.165) is 0 Å². The second kappa shape index (κ2) is 7.21. The summed E-state index contributed by atoms with van der Waals surface area (Å²) in [5, 5.41) is 20.7. The molecule has 6 heteroatoms. The molecule has 20 heavy (non-hydrogen) atoms. The van der Waals surface area contributed by atoms with Crippen molar-refractivity contribution >= 4 is 11.4 Å². The molecule has 0 aliphatic heterocycles. The standard InChI is InChI=1S/C14H22N2O4/c1-10(2)20-8-7-15(4)13-6-5-12(11(3)17)9-14(13)16(18)19/h5-6,9-11,17H,7-8H2,1-4H3/t11-/m0/s1. The zero-order valence-corrected chi connectivity index (χ0v) is 12.4. The van der Waals surface area contributed by atoms with E-state index in [4.69, 9.17) is 4.74 Å². The van der Waals surface area contributed by atoms with Gasteiger partial charge in [0.2, 0.25) is 0 Å². The minimum atomic E-state index is -0.725. The van der Waals surface area contributed by atoms with E-state index in [1.807, 2.05) is 13.8 Å². The predicted molar refractivity (Wildman–Crippen MR) is 78.1 cm³/mol. The number of hydrogen-bond acceptors (Lipinski definition) is 5. The minimum Gasteiger partial charge on any atom is -0.389 e. The highest BCUT2D eigenvalue weighted by Crippen LogP contribution is 2.30. The number of aliphatic hydroxyl groups excluding tert-OH is 1. The van der Waals surface area contributed by atoms with Gasteiger partial charge in [-0.25, -0.2) is 0 Å². The molecule has 0 aliphatic rings. The van der Waals surface area contributed by atoms with Gasteiger partial charge in [-0.05, 0) is 32.4 Å². The van der Waals surface area contributed by atoms with Crippen LogP contribution in [0.5, 0.6) is 0 Å².